The predicted molar refractivity (Wildman–Crippen MR) is 61.8 cm³/mol. The van der Waals surface area contributed by atoms with Crippen LogP contribution in [0.4, 0.5) is 0 Å². The molecule has 0 aliphatic rings. The second kappa shape index (κ2) is 6.39. The molecule has 0 fully saturated rings. The first kappa shape index (κ1) is 13.7. The molecule has 0 heterocycles. The van der Waals surface area contributed by atoms with Gasteiger partial charge in [-0.15, -0.1) is 0 Å². The van der Waals surface area contributed by atoms with E-state index >= 15 is 0 Å². The van der Waals surface area contributed by atoms with Gasteiger partial charge in [0.2, 0.25) is 5.91 Å². The fourth-order valence-electron chi connectivity index (χ4n) is 1.39. The summed E-state index contributed by atoms with van der Waals surface area (Å²) in [5.41, 5.74) is 0.439. The molecule has 0 radical (unpaired) electrons. The fourth-order valence-corrected chi connectivity index (χ4v) is 1.39. The van der Waals surface area contributed by atoms with Gasteiger partial charge in [-0.1, -0.05) is 30.3 Å². The minimum atomic E-state index is -1.19. The van der Waals surface area contributed by atoms with Gasteiger partial charge < -0.3 is 15.5 Å². The molecule has 0 saturated heterocycles. The van der Waals surface area contributed by atoms with E-state index in [1.807, 2.05) is 0 Å². The maximum atomic E-state index is 11.4. The Labute approximate surface area is 103 Å². The van der Waals surface area contributed by atoms with Crippen molar-refractivity contribution in [2.45, 2.75) is 18.9 Å². The first-order chi connectivity index (χ1) is 8.50. The molecular formula is C12H13NO5. The van der Waals surface area contributed by atoms with Crippen molar-refractivity contribution in [2.24, 2.45) is 0 Å². The summed E-state index contributed by atoms with van der Waals surface area (Å²) in [6.07, 6.45) is -0.571. The Morgan fingerprint density at radius 2 is 1.67 bits per heavy atom. The van der Waals surface area contributed by atoms with Crippen molar-refractivity contribution in [1.29, 1.82) is 0 Å². The molecule has 0 spiro atoms. The van der Waals surface area contributed by atoms with Gasteiger partial charge in [0, 0.05) is 6.42 Å². The number of carbonyl (C=O) groups is 3. The lowest BCUT2D eigenvalue weighted by molar-refractivity contribution is -0.142. The normalized spacial score (nSPS) is 11.6. The molecule has 18 heavy (non-hydrogen) atoms. The molecule has 0 aromatic heterocycles. The van der Waals surface area contributed by atoms with Crippen LogP contribution in [0, 0.1) is 0 Å². The van der Waals surface area contributed by atoms with Gasteiger partial charge >= 0.3 is 11.9 Å². The number of rotatable bonds is 6. The minimum Gasteiger partial charge on any atom is -0.481 e. The summed E-state index contributed by atoms with van der Waals surface area (Å²) in [4.78, 5) is 32.7. The van der Waals surface area contributed by atoms with Crippen LogP contribution in [0.2, 0.25) is 0 Å². The minimum absolute atomic E-state index is 0.244. The van der Waals surface area contributed by atoms with Crippen LogP contribution in [0.3, 0.4) is 0 Å². The van der Waals surface area contributed by atoms with Crippen molar-refractivity contribution >= 4 is 17.8 Å². The standard InChI is InChI=1S/C12H13NO5/c14-9(6-7-10(15)16)13-11(12(17)18)8-4-2-1-3-5-8/h1-5,11H,6-7H2,(H,13,14)(H,15,16)(H,17,18)/t11-/m1/s1. The van der Waals surface area contributed by atoms with Gasteiger partial charge in [0.15, 0.2) is 6.04 Å². The summed E-state index contributed by atoms with van der Waals surface area (Å²) in [6, 6.07) is 7.05. The molecule has 1 aromatic carbocycles. The second-order valence-electron chi connectivity index (χ2n) is 3.64. The molecular weight excluding hydrogens is 238 g/mol. The number of hydrogen-bond donors (Lipinski definition) is 3. The van der Waals surface area contributed by atoms with E-state index in [1.165, 1.54) is 0 Å². The zero-order valence-corrected chi connectivity index (χ0v) is 9.50. The van der Waals surface area contributed by atoms with Crippen LogP contribution < -0.4 is 5.32 Å². The van der Waals surface area contributed by atoms with Crippen LogP contribution in [0.1, 0.15) is 24.4 Å². The van der Waals surface area contributed by atoms with Crippen LogP contribution in [-0.4, -0.2) is 28.1 Å². The zero-order valence-electron chi connectivity index (χ0n) is 9.50. The molecule has 0 bridgehead atoms. The van der Waals surface area contributed by atoms with E-state index in [0.29, 0.717) is 5.56 Å². The summed E-state index contributed by atoms with van der Waals surface area (Å²) in [5, 5.41) is 19.7. The van der Waals surface area contributed by atoms with Gasteiger partial charge in [-0.3, -0.25) is 9.59 Å². The number of benzene rings is 1. The first-order valence-corrected chi connectivity index (χ1v) is 5.29. The van der Waals surface area contributed by atoms with E-state index in [0.717, 1.165) is 0 Å². The molecule has 1 amide bonds. The third kappa shape index (κ3) is 4.25. The molecule has 1 atom stereocenters. The summed E-state index contributed by atoms with van der Waals surface area (Å²) in [7, 11) is 0. The SMILES string of the molecule is O=C(O)CCC(=O)N[C@@H](C(=O)O)c1ccccc1. The number of hydrogen-bond acceptors (Lipinski definition) is 3. The van der Waals surface area contributed by atoms with Gasteiger partial charge in [-0.2, -0.15) is 0 Å². The van der Waals surface area contributed by atoms with E-state index in [-0.39, 0.29) is 12.8 Å². The Morgan fingerprint density at radius 1 is 1.06 bits per heavy atom. The number of carbonyl (C=O) groups excluding carboxylic acids is 1. The summed E-state index contributed by atoms with van der Waals surface area (Å²) >= 11 is 0. The van der Waals surface area contributed by atoms with Crippen molar-refractivity contribution < 1.29 is 24.6 Å². The van der Waals surface area contributed by atoms with E-state index < -0.39 is 23.9 Å². The summed E-state index contributed by atoms with van der Waals surface area (Å²) < 4.78 is 0. The van der Waals surface area contributed by atoms with Crippen LogP contribution in [-0.2, 0) is 14.4 Å². The van der Waals surface area contributed by atoms with E-state index in [2.05, 4.69) is 5.32 Å². The second-order valence-corrected chi connectivity index (χ2v) is 3.64. The van der Waals surface area contributed by atoms with Gasteiger partial charge in [0.25, 0.3) is 0 Å². The third-order valence-electron chi connectivity index (χ3n) is 2.25. The van der Waals surface area contributed by atoms with Crippen molar-refractivity contribution in [2.75, 3.05) is 0 Å². The Bertz CT molecular complexity index is 443. The first-order valence-electron chi connectivity index (χ1n) is 5.29. The Kier molecular flexibility index (Phi) is 4.86. The van der Waals surface area contributed by atoms with Crippen molar-refractivity contribution in [3.05, 3.63) is 35.9 Å². The smallest absolute Gasteiger partial charge is 0.330 e. The molecule has 96 valence electrons. The molecule has 0 unspecified atom stereocenters. The number of carboxylic acids is 2. The fraction of sp³-hybridized carbons (Fsp3) is 0.250. The zero-order chi connectivity index (χ0) is 13.5. The highest BCUT2D eigenvalue weighted by Gasteiger charge is 2.21. The lowest BCUT2D eigenvalue weighted by atomic mass is 10.1. The van der Waals surface area contributed by atoms with Crippen LogP contribution >= 0.6 is 0 Å². The quantitative estimate of drug-likeness (QED) is 0.693. The van der Waals surface area contributed by atoms with Crippen molar-refractivity contribution in [1.82, 2.24) is 5.32 Å². The largest absolute Gasteiger partial charge is 0.481 e. The number of aliphatic carboxylic acids is 2. The monoisotopic (exact) mass is 251 g/mol. The number of carboxylic acid groups (broad SMARTS) is 2. The maximum absolute atomic E-state index is 11.4. The van der Waals surface area contributed by atoms with Gasteiger partial charge in [-0.25, -0.2) is 4.79 Å². The average molecular weight is 251 g/mol. The Morgan fingerprint density at radius 3 is 2.17 bits per heavy atom. The molecule has 1 rings (SSSR count). The van der Waals surface area contributed by atoms with E-state index in [4.69, 9.17) is 10.2 Å². The topological polar surface area (TPSA) is 104 Å². The Hall–Kier alpha value is -2.37. The summed E-state index contributed by atoms with van der Waals surface area (Å²) in [5.74, 6) is -2.89. The molecule has 0 saturated carbocycles. The van der Waals surface area contributed by atoms with Crippen molar-refractivity contribution in [3.8, 4) is 0 Å². The van der Waals surface area contributed by atoms with Gasteiger partial charge in [0.05, 0.1) is 6.42 Å². The maximum Gasteiger partial charge on any atom is 0.330 e. The van der Waals surface area contributed by atoms with Crippen LogP contribution in [0.5, 0.6) is 0 Å². The predicted octanol–water partition coefficient (Wildman–Crippen LogP) is 0.793. The lowest BCUT2D eigenvalue weighted by Crippen LogP contribution is -2.33. The van der Waals surface area contributed by atoms with Crippen molar-refractivity contribution in [3.63, 3.8) is 0 Å². The summed E-state index contributed by atoms with van der Waals surface area (Å²) in [6.45, 7) is 0. The van der Waals surface area contributed by atoms with Crippen LogP contribution in [0.25, 0.3) is 0 Å². The molecule has 0 aliphatic heterocycles. The van der Waals surface area contributed by atoms with Gasteiger partial charge in [0.1, 0.15) is 0 Å². The lowest BCUT2D eigenvalue weighted by Gasteiger charge is -2.14. The van der Waals surface area contributed by atoms with E-state index in [9.17, 15) is 14.4 Å². The molecule has 6 nitrogen and oxygen atoms in total. The molecule has 1 aromatic rings. The number of amides is 1. The highest BCUT2D eigenvalue weighted by atomic mass is 16.4. The third-order valence-corrected chi connectivity index (χ3v) is 2.25. The average Bonchev–Trinajstić information content (AvgIpc) is 2.34. The highest BCUT2D eigenvalue weighted by molar-refractivity contribution is 5.86. The number of nitrogens with one attached hydrogen (secondary N) is 1. The van der Waals surface area contributed by atoms with E-state index in [1.54, 1.807) is 30.3 Å². The molecule has 6 heteroatoms. The van der Waals surface area contributed by atoms with Gasteiger partial charge in [-0.05, 0) is 5.56 Å². The molecule has 0 aliphatic carbocycles. The van der Waals surface area contributed by atoms with Crippen LogP contribution in [0.15, 0.2) is 30.3 Å². The highest BCUT2D eigenvalue weighted by Crippen LogP contribution is 2.12. The molecule has 3 N–H and O–H groups in total. The Balaban J connectivity index is 2.67.